The lowest BCUT2D eigenvalue weighted by atomic mass is 10.3. The Hall–Kier alpha value is -2.19. The van der Waals surface area contributed by atoms with E-state index in [0.29, 0.717) is 39.6 Å². The Morgan fingerprint density at radius 3 is 0.758 bits per heavy atom. The molecular weight excluding hydrogens is 432 g/mol. The fourth-order valence-corrected chi connectivity index (χ4v) is 1.26. The van der Waals surface area contributed by atoms with Crippen LogP contribution in [0.15, 0.2) is 0 Å². The molecule has 0 bridgehead atoms. The Labute approximate surface area is 200 Å². The van der Waals surface area contributed by atoms with Crippen molar-refractivity contribution in [1.82, 2.24) is 0 Å². The summed E-state index contributed by atoms with van der Waals surface area (Å²) in [7, 11) is 0. The van der Waals surface area contributed by atoms with E-state index in [-0.39, 0.29) is 0 Å². The van der Waals surface area contributed by atoms with Crippen LogP contribution in [0.25, 0.3) is 0 Å². The summed E-state index contributed by atoms with van der Waals surface area (Å²) in [6, 6.07) is 0. The standard InChI is InChI=1S/C5H8O3.C4H6O3.3C4H10.C3H4O3/c6-5-7-3-1-2-4-8-5;5-4-6-2-1-3-7-4;3*1-4(2)3;4-3-5-1-2-6-3/h1-4H2;1-3H2;3*4H,1-3H3;1-2H2. The van der Waals surface area contributed by atoms with Gasteiger partial charge in [0.25, 0.3) is 0 Å². The fourth-order valence-electron chi connectivity index (χ4n) is 1.26. The first-order chi connectivity index (χ1) is 15.4. The fraction of sp³-hybridized carbons (Fsp3) is 0.875. The third-order valence-electron chi connectivity index (χ3n) is 2.23. The molecule has 3 saturated heterocycles. The molecule has 0 radical (unpaired) electrons. The van der Waals surface area contributed by atoms with Crippen molar-refractivity contribution in [3.05, 3.63) is 0 Å². The number of hydrogen-bond donors (Lipinski definition) is 0. The molecule has 3 fully saturated rings. The molecule has 33 heavy (non-hydrogen) atoms. The van der Waals surface area contributed by atoms with Crippen LogP contribution in [-0.4, -0.2) is 58.1 Å². The Morgan fingerprint density at radius 2 is 0.576 bits per heavy atom. The van der Waals surface area contributed by atoms with Gasteiger partial charge in [-0.25, -0.2) is 14.4 Å². The number of carbonyl (C=O) groups excluding carboxylic acids is 3. The second-order valence-corrected chi connectivity index (χ2v) is 9.10. The molecular formula is C24H48O9. The van der Waals surface area contributed by atoms with Crippen molar-refractivity contribution in [3.63, 3.8) is 0 Å². The highest BCUT2D eigenvalue weighted by atomic mass is 16.8. The predicted molar refractivity (Wildman–Crippen MR) is 127 cm³/mol. The summed E-state index contributed by atoms with van der Waals surface area (Å²) in [6.07, 6.45) is 1.06. The van der Waals surface area contributed by atoms with Crippen molar-refractivity contribution in [1.29, 1.82) is 0 Å². The van der Waals surface area contributed by atoms with E-state index in [2.05, 4.69) is 90.7 Å². The number of cyclic esters (lactones) is 6. The number of carbonyl (C=O) groups is 3. The summed E-state index contributed by atoms with van der Waals surface area (Å²) >= 11 is 0. The van der Waals surface area contributed by atoms with Gasteiger partial charge in [0.1, 0.15) is 13.2 Å². The van der Waals surface area contributed by atoms with Gasteiger partial charge in [0.2, 0.25) is 0 Å². The third-order valence-corrected chi connectivity index (χ3v) is 2.23. The summed E-state index contributed by atoms with van der Waals surface area (Å²) in [6.45, 7) is 22.4. The van der Waals surface area contributed by atoms with E-state index in [0.717, 1.165) is 37.0 Å². The van der Waals surface area contributed by atoms with E-state index in [9.17, 15) is 14.4 Å². The largest absolute Gasteiger partial charge is 0.508 e. The molecule has 0 saturated carbocycles. The maximum Gasteiger partial charge on any atom is 0.508 e. The molecule has 198 valence electrons. The van der Waals surface area contributed by atoms with Gasteiger partial charge in [0.05, 0.1) is 26.4 Å². The molecule has 0 aromatic carbocycles. The van der Waals surface area contributed by atoms with Crippen molar-refractivity contribution in [2.75, 3.05) is 39.6 Å². The number of ether oxygens (including phenoxy) is 6. The highest BCUT2D eigenvalue weighted by molar-refractivity contribution is 5.61. The highest BCUT2D eigenvalue weighted by Gasteiger charge is 2.09. The predicted octanol–water partition coefficient (Wildman–Crippen LogP) is 6.62. The van der Waals surface area contributed by atoms with Gasteiger partial charge in [-0.05, 0) is 30.6 Å². The van der Waals surface area contributed by atoms with Crippen LogP contribution in [0.5, 0.6) is 0 Å². The van der Waals surface area contributed by atoms with Gasteiger partial charge in [-0.15, -0.1) is 0 Å². The Bertz CT molecular complexity index is 414. The topological polar surface area (TPSA) is 107 Å². The molecule has 3 aliphatic heterocycles. The summed E-state index contributed by atoms with van der Waals surface area (Å²) in [5.74, 6) is 2.50. The van der Waals surface area contributed by atoms with Gasteiger partial charge in [-0.3, -0.25) is 0 Å². The van der Waals surface area contributed by atoms with Gasteiger partial charge < -0.3 is 28.4 Å². The van der Waals surface area contributed by atoms with Gasteiger partial charge >= 0.3 is 18.5 Å². The lowest BCUT2D eigenvalue weighted by Gasteiger charge is -2.09. The minimum absolute atomic E-state index is 0.416. The molecule has 0 aromatic rings. The van der Waals surface area contributed by atoms with Crippen molar-refractivity contribution < 1.29 is 42.8 Å². The maximum atomic E-state index is 10.2. The quantitative estimate of drug-likeness (QED) is 0.279. The second-order valence-electron chi connectivity index (χ2n) is 9.10. The minimum Gasteiger partial charge on any atom is -0.434 e. The van der Waals surface area contributed by atoms with Crippen LogP contribution >= 0.6 is 0 Å². The van der Waals surface area contributed by atoms with Crippen LogP contribution < -0.4 is 0 Å². The van der Waals surface area contributed by atoms with Crippen LogP contribution in [0.3, 0.4) is 0 Å². The second kappa shape index (κ2) is 26.1. The smallest absolute Gasteiger partial charge is 0.434 e. The normalized spacial score (nSPS) is 16.2. The first-order valence-corrected chi connectivity index (χ1v) is 11.8. The van der Waals surface area contributed by atoms with Gasteiger partial charge in [0, 0.05) is 6.42 Å². The molecule has 0 amide bonds. The Morgan fingerprint density at radius 1 is 0.394 bits per heavy atom. The van der Waals surface area contributed by atoms with Crippen molar-refractivity contribution in [3.8, 4) is 0 Å². The zero-order valence-corrected chi connectivity index (χ0v) is 22.3. The Balaban J connectivity index is -0.000000337. The zero-order chi connectivity index (χ0) is 26.1. The summed E-state index contributed by atoms with van der Waals surface area (Å²) < 4.78 is 26.5. The molecule has 9 heteroatoms. The van der Waals surface area contributed by atoms with Crippen LogP contribution in [0.1, 0.15) is 81.6 Å². The van der Waals surface area contributed by atoms with E-state index >= 15 is 0 Å². The van der Waals surface area contributed by atoms with Crippen LogP contribution in [0.4, 0.5) is 14.4 Å². The first-order valence-electron chi connectivity index (χ1n) is 11.8. The van der Waals surface area contributed by atoms with E-state index in [4.69, 9.17) is 0 Å². The van der Waals surface area contributed by atoms with Crippen LogP contribution in [0.2, 0.25) is 0 Å². The van der Waals surface area contributed by atoms with E-state index in [1.54, 1.807) is 0 Å². The van der Waals surface area contributed by atoms with E-state index in [1.807, 2.05) is 0 Å². The molecule has 0 N–H and O–H groups in total. The van der Waals surface area contributed by atoms with Crippen molar-refractivity contribution in [2.24, 2.45) is 17.8 Å². The minimum atomic E-state index is -0.546. The SMILES string of the molecule is CC(C)C.CC(C)C.CC(C)C.O=C1OCCCCO1.O=C1OCCCO1.O=C1OCCO1. The average molecular weight is 481 g/mol. The molecule has 0 aromatic heterocycles. The summed E-state index contributed by atoms with van der Waals surface area (Å²) in [5, 5.41) is 0. The molecule has 3 rings (SSSR count). The molecule has 3 aliphatic rings. The van der Waals surface area contributed by atoms with E-state index < -0.39 is 18.5 Å². The van der Waals surface area contributed by atoms with Crippen molar-refractivity contribution >= 4 is 18.5 Å². The molecule has 0 atom stereocenters. The Kier molecular flexibility index (Phi) is 28.0. The molecule has 3 heterocycles. The van der Waals surface area contributed by atoms with Gasteiger partial charge in [-0.1, -0.05) is 62.3 Å². The monoisotopic (exact) mass is 480 g/mol. The van der Waals surface area contributed by atoms with Crippen LogP contribution in [0, 0.1) is 17.8 Å². The summed E-state index contributed by atoms with van der Waals surface area (Å²) in [4.78, 5) is 30.1. The molecule has 0 spiro atoms. The van der Waals surface area contributed by atoms with Gasteiger partial charge in [-0.2, -0.15) is 0 Å². The van der Waals surface area contributed by atoms with Gasteiger partial charge in [0.15, 0.2) is 0 Å². The number of hydrogen-bond acceptors (Lipinski definition) is 9. The molecule has 0 unspecified atom stereocenters. The maximum absolute atomic E-state index is 10.2. The average Bonchev–Trinajstić information content (AvgIpc) is 3.03. The third kappa shape index (κ3) is 48.5. The molecule has 9 nitrogen and oxygen atoms in total. The van der Waals surface area contributed by atoms with E-state index in [1.165, 1.54) is 0 Å². The number of rotatable bonds is 0. The summed E-state index contributed by atoms with van der Waals surface area (Å²) in [5.41, 5.74) is 0. The lowest BCUT2D eigenvalue weighted by molar-refractivity contribution is 0.0192. The lowest BCUT2D eigenvalue weighted by Crippen LogP contribution is -2.16. The van der Waals surface area contributed by atoms with Crippen LogP contribution in [-0.2, 0) is 28.4 Å². The zero-order valence-electron chi connectivity index (χ0n) is 22.3. The first kappa shape index (κ1) is 35.4. The van der Waals surface area contributed by atoms with Crippen molar-refractivity contribution in [2.45, 2.75) is 81.6 Å². The molecule has 0 aliphatic carbocycles. The highest BCUT2D eigenvalue weighted by Crippen LogP contribution is 1.99.